The number of fused-ring (bicyclic) bond motifs is 2. The van der Waals surface area contributed by atoms with Gasteiger partial charge in [0.25, 0.3) is 0 Å². The number of phenols is 1. The molecule has 194 valence electrons. The molecular weight excluding hydrogens is 498 g/mol. The molecule has 2 aliphatic heterocycles. The number of rotatable bonds is 7. The summed E-state index contributed by atoms with van der Waals surface area (Å²) in [6, 6.07) is 24.4. The molecule has 3 heterocycles. The van der Waals surface area contributed by atoms with E-state index in [0.717, 1.165) is 33.4 Å². The Morgan fingerprint density at radius 2 is 1.55 bits per heavy atom. The number of sulfonamides is 1. The molecule has 3 aromatic carbocycles. The molecule has 3 atom stereocenters. The Hall–Kier alpha value is -3.88. The van der Waals surface area contributed by atoms with Gasteiger partial charge in [-0.15, -0.1) is 0 Å². The molecule has 7 nitrogen and oxygen atoms in total. The van der Waals surface area contributed by atoms with Crippen LogP contribution in [-0.4, -0.2) is 47.3 Å². The topological polar surface area (TPSA) is 84.7 Å². The minimum absolute atomic E-state index is 0.183. The smallest absolute Gasteiger partial charge is 0.241 e. The van der Waals surface area contributed by atoms with Gasteiger partial charge in [-0.3, -0.25) is 8.99 Å². The van der Waals surface area contributed by atoms with Gasteiger partial charge in [0.1, 0.15) is 17.1 Å². The van der Waals surface area contributed by atoms with Crippen LogP contribution in [0.1, 0.15) is 24.5 Å². The fourth-order valence-corrected chi connectivity index (χ4v) is 7.71. The van der Waals surface area contributed by atoms with Crippen LogP contribution in [0.2, 0.25) is 0 Å². The van der Waals surface area contributed by atoms with E-state index < -0.39 is 21.4 Å². The van der Waals surface area contributed by atoms with Crippen molar-refractivity contribution in [2.45, 2.75) is 30.8 Å². The molecular formula is C30H29N3O4S. The van der Waals surface area contributed by atoms with E-state index in [1.54, 1.807) is 16.8 Å². The standard InChI is InChI=1S/C30H29N3O4S/c1-3-33(24-7-5-4-6-8-24)38(35,36)27-17-26-28(21-13-15-25(34)16-14-21)29(30(27)37-26)22-11-9-20(10-12-22)23-18-31-32(2)19-23/h4-16,18-19,26-27,30,34H,3,17H2,1-2H3. The number of ether oxygens (including phenoxy) is 1. The molecule has 0 amide bonds. The monoisotopic (exact) mass is 527 g/mol. The summed E-state index contributed by atoms with van der Waals surface area (Å²) >= 11 is 0. The third-order valence-electron chi connectivity index (χ3n) is 7.43. The summed E-state index contributed by atoms with van der Waals surface area (Å²) in [6.07, 6.45) is 3.21. The SMILES string of the molecule is CCN(c1ccccc1)S(=O)(=O)C1CC2OC1C(c1ccc(-c3cnn(C)c3)cc1)=C2c1ccc(O)cc1. The Morgan fingerprint density at radius 1 is 0.921 bits per heavy atom. The first-order valence-electron chi connectivity index (χ1n) is 12.7. The molecule has 2 bridgehead atoms. The molecule has 0 aliphatic carbocycles. The van der Waals surface area contributed by atoms with Crippen LogP contribution in [0.15, 0.2) is 91.3 Å². The highest BCUT2D eigenvalue weighted by atomic mass is 32.2. The summed E-state index contributed by atoms with van der Waals surface area (Å²) in [5.74, 6) is 0.183. The molecule has 1 aromatic heterocycles. The van der Waals surface area contributed by atoms with Crippen molar-refractivity contribution >= 4 is 26.9 Å². The van der Waals surface area contributed by atoms with Crippen LogP contribution >= 0.6 is 0 Å². The van der Waals surface area contributed by atoms with Gasteiger partial charge in [0.15, 0.2) is 0 Å². The Bertz CT molecular complexity index is 1590. The molecule has 8 heteroatoms. The Balaban J connectivity index is 1.43. The molecule has 2 aliphatic rings. The van der Waals surface area contributed by atoms with Gasteiger partial charge < -0.3 is 9.84 Å². The summed E-state index contributed by atoms with van der Waals surface area (Å²) in [5.41, 5.74) is 6.42. The molecule has 1 saturated heterocycles. The normalized spacial score (nSPS) is 20.7. The predicted molar refractivity (Wildman–Crippen MR) is 149 cm³/mol. The lowest BCUT2D eigenvalue weighted by Gasteiger charge is -2.31. The van der Waals surface area contributed by atoms with Gasteiger partial charge >= 0.3 is 0 Å². The number of benzene rings is 3. The number of hydrogen-bond donors (Lipinski definition) is 1. The van der Waals surface area contributed by atoms with E-state index in [0.29, 0.717) is 18.7 Å². The zero-order valence-corrected chi connectivity index (χ0v) is 22.0. The van der Waals surface area contributed by atoms with Crippen molar-refractivity contribution in [3.63, 3.8) is 0 Å². The summed E-state index contributed by atoms with van der Waals surface area (Å²) in [6.45, 7) is 2.19. The number of hydrogen-bond acceptors (Lipinski definition) is 5. The number of nitrogens with zero attached hydrogens (tertiary/aromatic N) is 3. The van der Waals surface area contributed by atoms with Gasteiger partial charge in [-0.05, 0) is 65.4 Å². The number of phenolic OH excluding ortho intramolecular Hbond substituents is 1. The van der Waals surface area contributed by atoms with E-state index in [1.807, 2.05) is 93.1 Å². The lowest BCUT2D eigenvalue weighted by atomic mass is 9.83. The molecule has 0 spiro atoms. The zero-order valence-electron chi connectivity index (χ0n) is 21.2. The maximum absolute atomic E-state index is 14.0. The largest absolute Gasteiger partial charge is 0.508 e. The van der Waals surface area contributed by atoms with Crippen molar-refractivity contribution in [1.82, 2.24) is 9.78 Å². The maximum Gasteiger partial charge on any atom is 0.241 e. The number of anilines is 1. The van der Waals surface area contributed by atoms with Crippen LogP contribution in [0, 0.1) is 0 Å². The maximum atomic E-state index is 14.0. The highest BCUT2D eigenvalue weighted by Crippen LogP contribution is 2.51. The van der Waals surface area contributed by atoms with E-state index in [9.17, 15) is 13.5 Å². The van der Waals surface area contributed by atoms with Gasteiger partial charge in [-0.1, -0.05) is 54.6 Å². The van der Waals surface area contributed by atoms with Crippen molar-refractivity contribution in [2.24, 2.45) is 7.05 Å². The molecule has 0 radical (unpaired) electrons. The minimum atomic E-state index is -3.71. The first kappa shape index (κ1) is 24.5. The average Bonchev–Trinajstić information content (AvgIpc) is 3.65. The van der Waals surface area contributed by atoms with E-state index in [-0.39, 0.29) is 11.9 Å². The van der Waals surface area contributed by atoms with E-state index in [2.05, 4.69) is 5.10 Å². The minimum Gasteiger partial charge on any atom is -0.508 e. The molecule has 6 rings (SSSR count). The Morgan fingerprint density at radius 3 is 2.18 bits per heavy atom. The van der Waals surface area contributed by atoms with Gasteiger partial charge in [0.05, 0.1) is 18.0 Å². The van der Waals surface area contributed by atoms with Gasteiger partial charge in [-0.2, -0.15) is 5.10 Å². The van der Waals surface area contributed by atoms with E-state index in [1.165, 1.54) is 4.31 Å². The fraction of sp³-hybridized carbons (Fsp3) is 0.233. The zero-order chi connectivity index (χ0) is 26.4. The fourth-order valence-electron chi connectivity index (χ4n) is 5.68. The first-order valence-corrected chi connectivity index (χ1v) is 14.2. The molecule has 3 unspecified atom stereocenters. The highest BCUT2D eigenvalue weighted by Gasteiger charge is 2.54. The van der Waals surface area contributed by atoms with Crippen LogP contribution in [0.4, 0.5) is 5.69 Å². The second-order valence-electron chi connectivity index (χ2n) is 9.72. The summed E-state index contributed by atoms with van der Waals surface area (Å²) in [7, 11) is -1.83. The van der Waals surface area contributed by atoms with E-state index >= 15 is 0 Å². The first-order chi connectivity index (χ1) is 18.4. The van der Waals surface area contributed by atoms with Crippen LogP contribution in [0.25, 0.3) is 22.3 Å². The molecule has 0 saturated carbocycles. The van der Waals surface area contributed by atoms with Crippen LogP contribution in [0.3, 0.4) is 0 Å². The Kier molecular flexibility index (Phi) is 6.08. The predicted octanol–water partition coefficient (Wildman–Crippen LogP) is 5.10. The lowest BCUT2D eigenvalue weighted by Crippen LogP contribution is -2.43. The second-order valence-corrected chi connectivity index (χ2v) is 11.8. The number of aromatic hydroxyl groups is 1. The number of aromatic nitrogens is 2. The quantitative estimate of drug-likeness (QED) is 0.362. The number of aryl methyl sites for hydroxylation is 1. The molecule has 1 N–H and O–H groups in total. The van der Waals surface area contributed by atoms with Gasteiger partial charge in [0, 0.05) is 25.4 Å². The van der Waals surface area contributed by atoms with Crippen molar-refractivity contribution in [3.8, 4) is 16.9 Å². The average molecular weight is 528 g/mol. The van der Waals surface area contributed by atoms with Crippen LogP contribution in [-0.2, 0) is 21.8 Å². The second kappa shape index (κ2) is 9.45. The third kappa shape index (κ3) is 4.10. The third-order valence-corrected chi connectivity index (χ3v) is 9.71. The Labute approximate surface area is 222 Å². The van der Waals surface area contributed by atoms with Crippen LogP contribution < -0.4 is 4.31 Å². The van der Waals surface area contributed by atoms with E-state index in [4.69, 9.17) is 4.74 Å². The van der Waals surface area contributed by atoms with Crippen molar-refractivity contribution in [2.75, 3.05) is 10.8 Å². The highest BCUT2D eigenvalue weighted by molar-refractivity contribution is 7.93. The summed E-state index contributed by atoms with van der Waals surface area (Å²) < 4.78 is 37.8. The van der Waals surface area contributed by atoms with Gasteiger partial charge in [-0.25, -0.2) is 8.42 Å². The van der Waals surface area contributed by atoms with Crippen molar-refractivity contribution in [1.29, 1.82) is 0 Å². The van der Waals surface area contributed by atoms with Gasteiger partial charge in [0.2, 0.25) is 10.0 Å². The lowest BCUT2D eigenvalue weighted by molar-refractivity contribution is 0.128. The number of para-hydroxylation sites is 1. The molecule has 1 fully saturated rings. The summed E-state index contributed by atoms with van der Waals surface area (Å²) in [5, 5.41) is 13.4. The molecule has 38 heavy (non-hydrogen) atoms. The summed E-state index contributed by atoms with van der Waals surface area (Å²) in [4.78, 5) is 0. The molecule has 4 aromatic rings. The van der Waals surface area contributed by atoms with Crippen molar-refractivity contribution < 1.29 is 18.3 Å². The van der Waals surface area contributed by atoms with Crippen LogP contribution in [0.5, 0.6) is 5.75 Å². The van der Waals surface area contributed by atoms with Crippen molar-refractivity contribution in [3.05, 3.63) is 102 Å².